The molecule has 0 bridgehead atoms. The first-order valence-electron chi connectivity index (χ1n) is 5.16. The molecule has 0 spiro atoms. The van der Waals surface area contributed by atoms with Gasteiger partial charge in [0.25, 0.3) is 0 Å². The summed E-state index contributed by atoms with van der Waals surface area (Å²) in [6, 6.07) is 7.68. The van der Waals surface area contributed by atoms with Crippen molar-refractivity contribution in [2.45, 2.75) is 12.8 Å². The van der Waals surface area contributed by atoms with E-state index in [1.54, 1.807) is 29.7 Å². The Morgan fingerprint density at radius 3 is 3.00 bits per heavy atom. The molecule has 3 nitrogen and oxygen atoms in total. The first-order chi connectivity index (χ1) is 7.84. The molecule has 0 aliphatic rings. The monoisotopic (exact) mass is 235 g/mol. The van der Waals surface area contributed by atoms with Gasteiger partial charge in [-0.25, -0.2) is 0 Å². The quantitative estimate of drug-likeness (QED) is 0.863. The first-order valence-corrected chi connectivity index (χ1v) is 6.04. The third-order valence-electron chi connectivity index (χ3n) is 2.19. The Kier molecular flexibility index (Phi) is 3.77. The molecule has 84 valence electrons. The van der Waals surface area contributed by atoms with Gasteiger partial charge in [0.1, 0.15) is 5.76 Å². The fraction of sp³-hybridized carbons (Fsp3) is 0.250. The lowest BCUT2D eigenvalue weighted by Gasteiger charge is -2.02. The summed E-state index contributed by atoms with van der Waals surface area (Å²) in [4.78, 5) is 12.8. The highest BCUT2D eigenvalue weighted by molar-refractivity contribution is 7.09. The molecule has 0 radical (unpaired) electrons. The normalized spacial score (nSPS) is 10.2. The van der Waals surface area contributed by atoms with Gasteiger partial charge in [-0.3, -0.25) is 4.79 Å². The number of furan rings is 1. The van der Waals surface area contributed by atoms with Crippen LogP contribution >= 0.6 is 11.3 Å². The Balaban J connectivity index is 1.68. The predicted molar refractivity (Wildman–Crippen MR) is 63.4 cm³/mol. The molecule has 2 rings (SSSR count). The zero-order valence-corrected chi connectivity index (χ0v) is 9.63. The second kappa shape index (κ2) is 5.51. The van der Waals surface area contributed by atoms with Gasteiger partial charge in [-0.15, -0.1) is 11.3 Å². The minimum atomic E-state index is 0.00602. The Morgan fingerprint density at radius 2 is 2.31 bits per heavy atom. The van der Waals surface area contributed by atoms with Crippen LogP contribution in [0, 0.1) is 0 Å². The van der Waals surface area contributed by atoms with E-state index in [-0.39, 0.29) is 5.91 Å². The highest BCUT2D eigenvalue weighted by atomic mass is 32.1. The Bertz CT molecular complexity index is 420. The summed E-state index contributed by atoms with van der Waals surface area (Å²) in [6.45, 7) is 0.681. The number of carbonyl (C=O) groups excluding carboxylic acids is 1. The van der Waals surface area contributed by atoms with Crippen LogP contribution in [0.3, 0.4) is 0 Å². The largest absolute Gasteiger partial charge is 0.469 e. The zero-order valence-electron chi connectivity index (χ0n) is 8.81. The average molecular weight is 235 g/mol. The minimum Gasteiger partial charge on any atom is -0.469 e. The fourth-order valence-electron chi connectivity index (χ4n) is 1.41. The lowest BCUT2D eigenvalue weighted by Crippen LogP contribution is -2.26. The van der Waals surface area contributed by atoms with Gasteiger partial charge < -0.3 is 9.73 Å². The molecule has 0 saturated heterocycles. The van der Waals surface area contributed by atoms with Crippen molar-refractivity contribution in [1.29, 1.82) is 0 Å². The second-order valence-electron chi connectivity index (χ2n) is 3.44. The van der Waals surface area contributed by atoms with Crippen LogP contribution in [0.2, 0.25) is 0 Å². The lowest BCUT2D eigenvalue weighted by molar-refractivity contribution is -0.120. The van der Waals surface area contributed by atoms with Crippen molar-refractivity contribution in [3.05, 3.63) is 46.5 Å². The van der Waals surface area contributed by atoms with Crippen LogP contribution in [-0.4, -0.2) is 12.5 Å². The molecule has 0 aliphatic heterocycles. The predicted octanol–water partition coefficient (Wildman–Crippen LogP) is 2.24. The van der Waals surface area contributed by atoms with E-state index < -0.39 is 0 Å². The van der Waals surface area contributed by atoms with Gasteiger partial charge in [-0.05, 0) is 30.0 Å². The summed E-state index contributed by atoms with van der Waals surface area (Å²) in [5.74, 6) is 0.708. The molecule has 2 heterocycles. The van der Waals surface area contributed by atoms with Crippen molar-refractivity contribution in [3.8, 4) is 0 Å². The standard InChI is InChI=1S/C12H13NO2S/c14-12(9-10-3-1-7-15-10)13-6-5-11-4-2-8-16-11/h1-4,7-8H,5-6,9H2,(H,13,14). The molecule has 0 atom stereocenters. The SMILES string of the molecule is O=C(Cc1ccco1)NCCc1cccs1. The van der Waals surface area contributed by atoms with Crippen molar-refractivity contribution in [2.24, 2.45) is 0 Å². The van der Waals surface area contributed by atoms with Crippen molar-refractivity contribution in [3.63, 3.8) is 0 Å². The summed E-state index contributed by atoms with van der Waals surface area (Å²) in [5.41, 5.74) is 0. The Morgan fingerprint density at radius 1 is 1.38 bits per heavy atom. The van der Waals surface area contributed by atoms with Crippen LogP contribution in [-0.2, 0) is 17.6 Å². The van der Waals surface area contributed by atoms with Crippen LogP contribution in [0.25, 0.3) is 0 Å². The number of amides is 1. The van der Waals surface area contributed by atoms with Crippen LogP contribution < -0.4 is 5.32 Å². The highest BCUT2D eigenvalue weighted by Gasteiger charge is 2.04. The summed E-state index contributed by atoms with van der Waals surface area (Å²) >= 11 is 1.71. The van der Waals surface area contributed by atoms with Gasteiger partial charge in [-0.1, -0.05) is 6.07 Å². The summed E-state index contributed by atoms with van der Waals surface area (Å²) in [5, 5.41) is 4.91. The second-order valence-corrected chi connectivity index (χ2v) is 4.47. The average Bonchev–Trinajstić information content (AvgIpc) is 2.90. The van der Waals surface area contributed by atoms with Gasteiger partial charge in [0.2, 0.25) is 5.91 Å². The molecule has 0 aliphatic carbocycles. The number of hydrogen-bond acceptors (Lipinski definition) is 3. The van der Waals surface area contributed by atoms with Crippen molar-refractivity contribution in [2.75, 3.05) is 6.54 Å². The van der Waals surface area contributed by atoms with Crippen molar-refractivity contribution in [1.82, 2.24) is 5.32 Å². The van der Waals surface area contributed by atoms with Crippen molar-refractivity contribution < 1.29 is 9.21 Å². The Hall–Kier alpha value is -1.55. The molecule has 0 fully saturated rings. The smallest absolute Gasteiger partial charge is 0.227 e. The lowest BCUT2D eigenvalue weighted by atomic mass is 10.3. The van der Waals surface area contributed by atoms with E-state index in [1.165, 1.54) is 4.88 Å². The number of thiophene rings is 1. The van der Waals surface area contributed by atoms with Gasteiger partial charge in [0.05, 0.1) is 12.7 Å². The molecule has 2 aromatic rings. The number of hydrogen-bond donors (Lipinski definition) is 1. The molecular formula is C12H13NO2S. The number of nitrogens with one attached hydrogen (secondary N) is 1. The summed E-state index contributed by atoms with van der Waals surface area (Å²) in [7, 11) is 0. The van der Waals surface area contributed by atoms with Crippen molar-refractivity contribution >= 4 is 17.2 Å². The molecule has 1 N–H and O–H groups in total. The third kappa shape index (κ3) is 3.24. The van der Waals surface area contributed by atoms with Gasteiger partial charge in [-0.2, -0.15) is 0 Å². The summed E-state index contributed by atoms with van der Waals surface area (Å²) in [6.07, 6.45) is 2.78. The van der Waals surface area contributed by atoms with E-state index in [0.717, 1.165) is 6.42 Å². The van der Waals surface area contributed by atoms with Gasteiger partial charge >= 0.3 is 0 Å². The molecule has 1 amide bonds. The molecule has 16 heavy (non-hydrogen) atoms. The molecule has 0 saturated carbocycles. The fourth-order valence-corrected chi connectivity index (χ4v) is 2.12. The third-order valence-corrected chi connectivity index (χ3v) is 3.12. The molecule has 0 aromatic carbocycles. The molecule has 4 heteroatoms. The molecule has 2 aromatic heterocycles. The van der Waals surface area contributed by atoms with E-state index in [2.05, 4.69) is 11.4 Å². The molecule has 0 unspecified atom stereocenters. The molecular weight excluding hydrogens is 222 g/mol. The maximum atomic E-state index is 11.5. The minimum absolute atomic E-state index is 0.00602. The highest BCUT2D eigenvalue weighted by Crippen LogP contribution is 2.08. The van der Waals surface area contributed by atoms with Crippen LogP contribution in [0.15, 0.2) is 40.3 Å². The van der Waals surface area contributed by atoms with Crippen LogP contribution in [0.1, 0.15) is 10.6 Å². The maximum absolute atomic E-state index is 11.5. The summed E-state index contributed by atoms with van der Waals surface area (Å²) < 4.78 is 5.10. The van der Waals surface area contributed by atoms with E-state index >= 15 is 0 Å². The number of carbonyl (C=O) groups is 1. The van der Waals surface area contributed by atoms with E-state index in [0.29, 0.717) is 18.7 Å². The zero-order chi connectivity index (χ0) is 11.2. The Labute approximate surface area is 98.1 Å². The maximum Gasteiger partial charge on any atom is 0.227 e. The number of rotatable bonds is 5. The van der Waals surface area contributed by atoms with E-state index in [9.17, 15) is 4.79 Å². The van der Waals surface area contributed by atoms with Gasteiger partial charge in [0.15, 0.2) is 0 Å². The van der Waals surface area contributed by atoms with E-state index in [4.69, 9.17) is 4.42 Å². The van der Waals surface area contributed by atoms with Gasteiger partial charge in [0, 0.05) is 11.4 Å². The van der Waals surface area contributed by atoms with Crippen LogP contribution in [0.5, 0.6) is 0 Å². The first kappa shape index (κ1) is 11.0. The van der Waals surface area contributed by atoms with E-state index in [1.807, 2.05) is 11.4 Å². The topological polar surface area (TPSA) is 42.2 Å². The van der Waals surface area contributed by atoms with Crippen LogP contribution in [0.4, 0.5) is 0 Å².